The summed E-state index contributed by atoms with van der Waals surface area (Å²) in [7, 11) is 0. The summed E-state index contributed by atoms with van der Waals surface area (Å²) < 4.78 is 18.4. The normalized spacial score (nSPS) is 11.4. The minimum atomic E-state index is -1.20. The van der Waals surface area contributed by atoms with Gasteiger partial charge in [-0.15, -0.1) is 0 Å². The minimum Gasteiger partial charge on any atom is -0.443 e. The third kappa shape index (κ3) is 4.27. The predicted octanol–water partition coefficient (Wildman–Crippen LogP) is 3.15. The molecule has 130 valence electrons. The highest BCUT2D eigenvalue weighted by Gasteiger charge is 2.26. The van der Waals surface area contributed by atoms with Crippen LogP contribution in [0.4, 0.5) is 10.1 Å². The van der Waals surface area contributed by atoms with Crippen LogP contribution in [0.25, 0.3) is 0 Å². The van der Waals surface area contributed by atoms with Crippen molar-refractivity contribution in [2.75, 3.05) is 5.32 Å². The SMILES string of the molecule is O=C(O[C@@H](C(=O)Nc1ccc(F)cc1)c1ccccc1)c1cnccn1. The molecule has 0 aliphatic carbocycles. The molecule has 0 unspecified atom stereocenters. The van der Waals surface area contributed by atoms with Crippen molar-refractivity contribution in [3.05, 3.63) is 90.3 Å². The van der Waals surface area contributed by atoms with Gasteiger partial charge in [0.2, 0.25) is 6.10 Å². The van der Waals surface area contributed by atoms with Crippen LogP contribution >= 0.6 is 0 Å². The molecule has 1 heterocycles. The number of benzene rings is 2. The molecule has 0 bridgehead atoms. The highest BCUT2D eigenvalue weighted by molar-refractivity contribution is 5.97. The third-order valence-electron chi connectivity index (χ3n) is 3.45. The molecule has 26 heavy (non-hydrogen) atoms. The van der Waals surface area contributed by atoms with Crippen molar-refractivity contribution in [3.8, 4) is 0 Å². The average Bonchev–Trinajstić information content (AvgIpc) is 2.69. The molecule has 1 atom stereocenters. The number of hydrogen-bond donors (Lipinski definition) is 1. The van der Waals surface area contributed by atoms with E-state index in [1.165, 1.54) is 42.9 Å². The number of nitrogens with one attached hydrogen (secondary N) is 1. The lowest BCUT2D eigenvalue weighted by atomic mass is 10.1. The number of aromatic nitrogens is 2. The number of amides is 1. The Kier molecular flexibility index (Phi) is 5.28. The molecule has 6 nitrogen and oxygen atoms in total. The summed E-state index contributed by atoms with van der Waals surface area (Å²) in [4.78, 5) is 32.6. The molecule has 0 saturated heterocycles. The largest absolute Gasteiger partial charge is 0.443 e. The van der Waals surface area contributed by atoms with E-state index < -0.39 is 23.8 Å². The van der Waals surface area contributed by atoms with Gasteiger partial charge in [0.1, 0.15) is 5.82 Å². The number of anilines is 1. The lowest BCUT2D eigenvalue weighted by Crippen LogP contribution is -2.26. The van der Waals surface area contributed by atoms with Crippen molar-refractivity contribution < 1.29 is 18.7 Å². The molecule has 0 radical (unpaired) electrons. The van der Waals surface area contributed by atoms with Gasteiger partial charge in [-0.05, 0) is 24.3 Å². The van der Waals surface area contributed by atoms with Crippen LogP contribution in [0.5, 0.6) is 0 Å². The molecule has 0 spiro atoms. The summed E-state index contributed by atoms with van der Waals surface area (Å²) in [5.74, 6) is -1.77. The van der Waals surface area contributed by atoms with E-state index in [1.54, 1.807) is 30.3 Å². The lowest BCUT2D eigenvalue weighted by Gasteiger charge is -2.18. The van der Waals surface area contributed by atoms with Crippen molar-refractivity contribution in [2.45, 2.75) is 6.10 Å². The van der Waals surface area contributed by atoms with Gasteiger partial charge in [-0.3, -0.25) is 9.78 Å². The van der Waals surface area contributed by atoms with E-state index in [1.807, 2.05) is 0 Å². The number of hydrogen-bond acceptors (Lipinski definition) is 5. The summed E-state index contributed by atoms with van der Waals surface area (Å²) in [5.41, 5.74) is 0.861. The van der Waals surface area contributed by atoms with Gasteiger partial charge in [-0.2, -0.15) is 0 Å². The van der Waals surface area contributed by atoms with Crippen molar-refractivity contribution >= 4 is 17.6 Å². The average molecular weight is 351 g/mol. The number of carbonyl (C=O) groups is 2. The Hall–Kier alpha value is -3.61. The fourth-order valence-electron chi connectivity index (χ4n) is 2.21. The zero-order valence-corrected chi connectivity index (χ0v) is 13.5. The summed E-state index contributed by atoms with van der Waals surface area (Å²) in [6.07, 6.45) is 2.83. The Morgan fingerprint density at radius 1 is 1.00 bits per heavy atom. The Balaban J connectivity index is 1.82. The first-order valence-electron chi connectivity index (χ1n) is 7.72. The first-order chi connectivity index (χ1) is 12.6. The molecule has 1 amide bonds. The maximum atomic E-state index is 13.0. The second kappa shape index (κ2) is 7.98. The Labute approximate surface area is 148 Å². The number of carbonyl (C=O) groups excluding carboxylic acids is 2. The Morgan fingerprint density at radius 2 is 1.73 bits per heavy atom. The van der Waals surface area contributed by atoms with E-state index in [-0.39, 0.29) is 5.69 Å². The maximum absolute atomic E-state index is 13.0. The quantitative estimate of drug-likeness (QED) is 0.714. The first kappa shape index (κ1) is 17.2. The topological polar surface area (TPSA) is 81.2 Å². The zero-order valence-electron chi connectivity index (χ0n) is 13.5. The number of rotatable bonds is 5. The van der Waals surface area contributed by atoms with Crippen LogP contribution in [-0.2, 0) is 9.53 Å². The van der Waals surface area contributed by atoms with Crippen molar-refractivity contribution in [1.82, 2.24) is 9.97 Å². The molecule has 0 saturated carbocycles. The maximum Gasteiger partial charge on any atom is 0.359 e. The van der Waals surface area contributed by atoms with Crippen LogP contribution in [0.2, 0.25) is 0 Å². The molecule has 7 heteroatoms. The molecule has 0 fully saturated rings. The molecular formula is C19H14FN3O3. The Bertz CT molecular complexity index is 887. The van der Waals surface area contributed by atoms with E-state index in [2.05, 4.69) is 15.3 Å². The second-order valence-corrected chi connectivity index (χ2v) is 5.28. The highest BCUT2D eigenvalue weighted by atomic mass is 19.1. The molecule has 3 aromatic rings. The third-order valence-corrected chi connectivity index (χ3v) is 3.45. The van der Waals surface area contributed by atoms with Gasteiger partial charge >= 0.3 is 5.97 Å². The molecule has 0 aliphatic rings. The molecule has 1 aromatic heterocycles. The van der Waals surface area contributed by atoms with E-state index in [4.69, 9.17) is 4.74 Å². The van der Waals surface area contributed by atoms with Crippen LogP contribution in [0.15, 0.2) is 73.2 Å². The van der Waals surface area contributed by atoms with Gasteiger partial charge < -0.3 is 10.1 Å². The van der Waals surface area contributed by atoms with Gasteiger partial charge in [-0.25, -0.2) is 14.2 Å². The number of halogens is 1. The zero-order chi connectivity index (χ0) is 18.4. The summed E-state index contributed by atoms with van der Waals surface area (Å²) in [6, 6.07) is 13.8. The second-order valence-electron chi connectivity index (χ2n) is 5.28. The van der Waals surface area contributed by atoms with E-state index in [9.17, 15) is 14.0 Å². The smallest absolute Gasteiger partial charge is 0.359 e. The highest BCUT2D eigenvalue weighted by Crippen LogP contribution is 2.21. The summed E-state index contributed by atoms with van der Waals surface area (Å²) in [5, 5.41) is 2.61. The molecule has 2 aromatic carbocycles. The van der Waals surface area contributed by atoms with Gasteiger partial charge in [0.15, 0.2) is 5.69 Å². The van der Waals surface area contributed by atoms with Crippen LogP contribution in [0.3, 0.4) is 0 Å². The van der Waals surface area contributed by atoms with Gasteiger partial charge in [0, 0.05) is 23.6 Å². The van der Waals surface area contributed by atoms with Crippen LogP contribution in [-0.4, -0.2) is 21.8 Å². The van der Waals surface area contributed by atoms with Gasteiger partial charge in [0.25, 0.3) is 5.91 Å². The van der Waals surface area contributed by atoms with Crippen LogP contribution in [0, 0.1) is 5.82 Å². The fourth-order valence-corrected chi connectivity index (χ4v) is 2.21. The predicted molar refractivity (Wildman–Crippen MR) is 91.7 cm³/mol. The molecule has 0 aliphatic heterocycles. The van der Waals surface area contributed by atoms with E-state index in [0.29, 0.717) is 11.3 Å². The van der Waals surface area contributed by atoms with Crippen molar-refractivity contribution in [1.29, 1.82) is 0 Å². The summed E-state index contributed by atoms with van der Waals surface area (Å²) in [6.45, 7) is 0. The number of nitrogens with zero attached hydrogens (tertiary/aromatic N) is 2. The van der Waals surface area contributed by atoms with Gasteiger partial charge in [0.05, 0.1) is 6.20 Å². The fraction of sp³-hybridized carbons (Fsp3) is 0.0526. The Morgan fingerprint density at radius 3 is 2.38 bits per heavy atom. The lowest BCUT2D eigenvalue weighted by molar-refractivity contribution is -0.125. The minimum absolute atomic E-state index is 0.0111. The van der Waals surface area contributed by atoms with Crippen molar-refractivity contribution in [2.24, 2.45) is 0 Å². The number of ether oxygens (including phenoxy) is 1. The standard InChI is InChI=1S/C19H14FN3O3/c20-14-6-8-15(9-7-14)23-18(24)17(13-4-2-1-3-5-13)26-19(25)16-12-21-10-11-22-16/h1-12,17H,(H,23,24)/t17-/m1/s1. The van der Waals surface area contributed by atoms with E-state index in [0.717, 1.165) is 0 Å². The van der Waals surface area contributed by atoms with E-state index >= 15 is 0 Å². The molecule has 1 N–H and O–H groups in total. The van der Waals surface area contributed by atoms with Gasteiger partial charge in [-0.1, -0.05) is 30.3 Å². The monoisotopic (exact) mass is 351 g/mol. The first-order valence-corrected chi connectivity index (χ1v) is 7.72. The summed E-state index contributed by atoms with van der Waals surface area (Å²) >= 11 is 0. The van der Waals surface area contributed by atoms with Crippen LogP contribution in [0.1, 0.15) is 22.2 Å². The molecule has 3 rings (SSSR count). The number of esters is 1. The molecular weight excluding hydrogens is 337 g/mol. The van der Waals surface area contributed by atoms with Crippen molar-refractivity contribution in [3.63, 3.8) is 0 Å². The van der Waals surface area contributed by atoms with Crippen LogP contribution < -0.4 is 5.32 Å².